The third kappa shape index (κ3) is 3.20. The van der Waals surface area contributed by atoms with E-state index in [0.29, 0.717) is 30.0 Å². The van der Waals surface area contributed by atoms with Crippen LogP contribution in [0.4, 0.5) is 10.1 Å². The van der Waals surface area contributed by atoms with Crippen molar-refractivity contribution >= 4 is 35.0 Å². The Labute approximate surface area is 167 Å². The molecule has 1 aromatic carbocycles. The monoisotopic (exact) mass is 411 g/mol. The number of hydrogen-bond donors (Lipinski definition) is 2. The number of anilines is 1. The summed E-state index contributed by atoms with van der Waals surface area (Å²) >= 11 is 0. The van der Waals surface area contributed by atoms with E-state index in [2.05, 4.69) is 5.32 Å². The van der Waals surface area contributed by atoms with Gasteiger partial charge in [0.25, 0.3) is 0 Å². The topological polar surface area (TPSA) is 83.8 Å². The van der Waals surface area contributed by atoms with Gasteiger partial charge in [-0.15, -0.1) is 12.4 Å². The Balaban J connectivity index is 0.00000225. The van der Waals surface area contributed by atoms with Gasteiger partial charge >= 0.3 is 5.97 Å². The van der Waals surface area contributed by atoms with Crippen molar-refractivity contribution in [3.8, 4) is 5.75 Å². The molecule has 1 saturated heterocycles. The molecule has 2 fully saturated rings. The van der Waals surface area contributed by atoms with Crippen LogP contribution in [0.5, 0.6) is 5.75 Å². The van der Waals surface area contributed by atoms with Crippen LogP contribution in [0.1, 0.15) is 36.2 Å². The summed E-state index contributed by atoms with van der Waals surface area (Å²) in [5.41, 5.74) is -0.237. The molecule has 7 nitrogen and oxygen atoms in total. The summed E-state index contributed by atoms with van der Waals surface area (Å²) in [5.74, 6) is -1.59. The highest BCUT2D eigenvalue weighted by Gasteiger charge is 2.32. The van der Waals surface area contributed by atoms with Gasteiger partial charge in [0.2, 0.25) is 5.43 Å². The van der Waals surface area contributed by atoms with Gasteiger partial charge in [-0.1, -0.05) is 0 Å². The van der Waals surface area contributed by atoms with Crippen LogP contribution in [-0.4, -0.2) is 48.4 Å². The highest BCUT2D eigenvalue weighted by molar-refractivity contribution is 5.97. The molecule has 0 bridgehead atoms. The molecule has 152 valence electrons. The van der Waals surface area contributed by atoms with Crippen LogP contribution in [0, 0.1) is 5.82 Å². The second kappa shape index (κ2) is 7.60. The van der Waals surface area contributed by atoms with Gasteiger partial charge in [0, 0.05) is 37.9 Å². The van der Waals surface area contributed by atoms with Gasteiger partial charge in [0.15, 0.2) is 11.6 Å². The number of aromatic carboxylic acids is 1. The Kier molecular flexibility index (Phi) is 5.54. The van der Waals surface area contributed by atoms with Crippen molar-refractivity contribution in [3.05, 3.63) is 33.9 Å². The standard InChI is InChI=1S/C19H22FN3O4.ClH/c1-10-8-21-5-6-22(10)16-14(20)7-12-15(18(16)27-2)23(11-3-4-11)9-13(17(12)24)19(25)26;/h7,9-11,21H,3-6,8H2,1-2H3,(H,25,26);1H. The molecular weight excluding hydrogens is 389 g/mol. The number of methoxy groups -OCH3 is 1. The van der Waals surface area contributed by atoms with Gasteiger partial charge in [0.1, 0.15) is 11.3 Å². The number of carboxylic acid groups (broad SMARTS) is 1. The van der Waals surface area contributed by atoms with Gasteiger partial charge in [-0.2, -0.15) is 0 Å². The van der Waals surface area contributed by atoms with Crippen LogP contribution in [0.3, 0.4) is 0 Å². The Morgan fingerprint density at radius 1 is 1.39 bits per heavy atom. The van der Waals surface area contributed by atoms with Crippen molar-refractivity contribution in [1.29, 1.82) is 0 Å². The summed E-state index contributed by atoms with van der Waals surface area (Å²) in [6, 6.07) is 1.31. The first-order valence-corrected chi connectivity index (χ1v) is 9.10. The summed E-state index contributed by atoms with van der Waals surface area (Å²) in [6.45, 7) is 4.05. The van der Waals surface area contributed by atoms with Gasteiger partial charge in [-0.05, 0) is 25.8 Å². The smallest absolute Gasteiger partial charge is 0.341 e. The lowest BCUT2D eigenvalue weighted by Gasteiger charge is -2.37. The van der Waals surface area contributed by atoms with E-state index in [-0.39, 0.29) is 35.4 Å². The van der Waals surface area contributed by atoms with Gasteiger partial charge in [0.05, 0.1) is 18.0 Å². The fourth-order valence-corrected chi connectivity index (χ4v) is 3.87. The average molecular weight is 412 g/mol. The second-order valence-corrected chi connectivity index (χ2v) is 7.20. The number of pyridine rings is 1. The van der Waals surface area contributed by atoms with Gasteiger partial charge < -0.3 is 24.6 Å². The van der Waals surface area contributed by atoms with E-state index in [4.69, 9.17) is 4.74 Å². The first-order chi connectivity index (χ1) is 12.9. The molecule has 2 heterocycles. The largest absolute Gasteiger partial charge is 0.492 e. The number of carbonyl (C=O) groups is 1. The molecule has 0 radical (unpaired) electrons. The van der Waals surface area contributed by atoms with Crippen LogP contribution < -0.4 is 20.4 Å². The Morgan fingerprint density at radius 3 is 2.68 bits per heavy atom. The normalized spacial score (nSPS) is 19.4. The summed E-state index contributed by atoms with van der Waals surface area (Å²) in [7, 11) is 1.46. The van der Waals surface area contributed by atoms with E-state index in [1.165, 1.54) is 13.3 Å². The number of carboxylic acids is 1. The molecule has 1 atom stereocenters. The molecule has 1 aliphatic heterocycles. The number of hydrogen-bond acceptors (Lipinski definition) is 5. The zero-order valence-electron chi connectivity index (χ0n) is 15.7. The highest BCUT2D eigenvalue weighted by Crippen LogP contribution is 2.44. The van der Waals surface area contributed by atoms with E-state index < -0.39 is 17.2 Å². The first kappa shape index (κ1) is 20.4. The molecular formula is C19H23ClFN3O4. The number of rotatable bonds is 4. The maximum Gasteiger partial charge on any atom is 0.341 e. The predicted octanol–water partition coefficient (Wildman–Crippen LogP) is 2.40. The molecule has 0 amide bonds. The second-order valence-electron chi connectivity index (χ2n) is 7.20. The molecule has 1 aromatic heterocycles. The zero-order valence-corrected chi connectivity index (χ0v) is 16.5. The summed E-state index contributed by atoms with van der Waals surface area (Å²) in [4.78, 5) is 26.1. The van der Waals surface area contributed by atoms with Crippen LogP contribution >= 0.6 is 12.4 Å². The third-order valence-electron chi connectivity index (χ3n) is 5.36. The van der Waals surface area contributed by atoms with Gasteiger partial charge in [-0.25, -0.2) is 9.18 Å². The van der Waals surface area contributed by atoms with Crippen molar-refractivity contribution in [2.45, 2.75) is 31.8 Å². The van der Waals surface area contributed by atoms with E-state index in [1.807, 2.05) is 11.8 Å². The molecule has 28 heavy (non-hydrogen) atoms. The molecule has 2 aromatic rings. The van der Waals surface area contributed by atoms with Crippen molar-refractivity contribution < 1.29 is 19.0 Å². The molecule has 1 saturated carbocycles. The number of benzene rings is 1. The Hall–Kier alpha value is -2.32. The van der Waals surface area contributed by atoms with Crippen molar-refractivity contribution in [1.82, 2.24) is 9.88 Å². The van der Waals surface area contributed by atoms with E-state index in [0.717, 1.165) is 25.5 Å². The lowest BCUT2D eigenvalue weighted by atomic mass is 10.1. The number of fused-ring (bicyclic) bond motifs is 1. The highest BCUT2D eigenvalue weighted by atomic mass is 35.5. The van der Waals surface area contributed by atoms with Crippen LogP contribution in [0.25, 0.3) is 10.9 Å². The van der Waals surface area contributed by atoms with E-state index in [1.54, 1.807) is 4.57 Å². The van der Waals surface area contributed by atoms with Crippen LogP contribution in [-0.2, 0) is 0 Å². The minimum absolute atomic E-state index is 0. The molecule has 2 N–H and O–H groups in total. The van der Waals surface area contributed by atoms with Crippen LogP contribution in [0.2, 0.25) is 0 Å². The van der Waals surface area contributed by atoms with Crippen molar-refractivity contribution in [2.75, 3.05) is 31.6 Å². The van der Waals surface area contributed by atoms with E-state index in [9.17, 15) is 14.7 Å². The van der Waals surface area contributed by atoms with Crippen molar-refractivity contribution in [2.24, 2.45) is 0 Å². The van der Waals surface area contributed by atoms with E-state index >= 15 is 4.39 Å². The molecule has 1 unspecified atom stereocenters. The number of piperazine rings is 1. The number of aromatic nitrogens is 1. The molecule has 9 heteroatoms. The summed E-state index contributed by atoms with van der Waals surface area (Å²) in [6.07, 6.45) is 3.14. The average Bonchev–Trinajstić information content (AvgIpc) is 3.47. The summed E-state index contributed by atoms with van der Waals surface area (Å²) in [5, 5.41) is 12.7. The minimum Gasteiger partial charge on any atom is -0.492 e. The van der Waals surface area contributed by atoms with Gasteiger partial charge in [-0.3, -0.25) is 4.79 Å². The number of nitrogens with one attached hydrogen (secondary N) is 1. The molecule has 1 aliphatic carbocycles. The lowest BCUT2D eigenvalue weighted by molar-refractivity contribution is 0.0695. The van der Waals surface area contributed by atoms with Crippen LogP contribution in [0.15, 0.2) is 17.1 Å². The zero-order chi connectivity index (χ0) is 19.3. The fraction of sp³-hybridized carbons (Fsp3) is 0.474. The maximum atomic E-state index is 15.1. The third-order valence-corrected chi connectivity index (χ3v) is 5.36. The number of ether oxygens (including phenoxy) is 1. The molecule has 4 rings (SSSR count). The SMILES string of the molecule is COc1c(N2CCNCC2C)c(F)cc2c(=O)c(C(=O)O)cn(C3CC3)c12.Cl. The number of halogens is 2. The fourth-order valence-electron chi connectivity index (χ4n) is 3.87. The predicted molar refractivity (Wildman–Crippen MR) is 107 cm³/mol. The maximum absolute atomic E-state index is 15.1. The Bertz CT molecular complexity index is 990. The molecule has 2 aliphatic rings. The quantitative estimate of drug-likeness (QED) is 0.803. The minimum atomic E-state index is -1.31. The summed E-state index contributed by atoms with van der Waals surface area (Å²) < 4.78 is 22.5. The molecule has 0 spiro atoms. The number of nitrogens with zero attached hydrogens (tertiary/aromatic N) is 2. The first-order valence-electron chi connectivity index (χ1n) is 9.10. The lowest BCUT2D eigenvalue weighted by Crippen LogP contribution is -2.50. The Morgan fingerprint density at radius 2 is 2.11 bits per heavy atom. The van der Waals surface area contributed by atoms with Crippen molar-refractivity contribution in [3.63, 3.8) is 0 Å².